The summed E-state index contributed by atoms with van der Waals surface area (Å²) in [6, 6.07) is -1.18. The van der Waals surface area contributed by atoms with Gasteiger partial charge >= 0.3 is 5.97 Å². The predicted molar refractivity (Wildman–Crippen MR) is 55.5 cm³/mol. The van der Waals surface area contributed by atoms with Crippen LogP contribution < -0.4 is 0 Å². The predicted octanol–water partition coefficient (Wildman–Crippen LogP) is 2.27. The van der Waals surface area contributed by atoms with E-state index in [1.807, 2.05) is 0 Å². The molecule has 0 saturated heterocycles. The molecule has 0 aliphatic rings. The average molecular weight is 304 g/mol. The van der Waals surface area contributed by atoms with Crippen LogP contribution >= 0.6 is 30.6 Å². The zero-order valence-corrected chi connectivity index (χ0v) is 11.0. The second-order valence-corrected chi connectivity index (χ2v) is 13.3. The Labute approximate surface area is 84.5 Å². The van der Waals surface area contributed by atoms with Crippen molar-refractivity contribution in [2.75, 3.05) is 0 Å². The normalized spacial score (nSPS) is 13.2. The summed E-state index contributed by atoms with van der Waals surface area (Å²) < 4.78 is 5.08. The standard InChI is InChI=1S/C6H12Br2O2Si/c1-3-4-6(11(7)8)10-5(2)9/h6,11H,3-4H2,1-2H3. The van der Waals surface area contributed by atoms with Gasteiger partial charge in [0.05, 0.1) is 0 Å². The van der Waals surface area contributed by atoms with E-state index in [-0.39, 0.29) is 11.7 Å². The Morgan fingerprint density at radius 1 is 1.64 bits per heavy atom. The second-order valence-electron chi connectivity index (χ2n) is 2.27. The number of hydrogen-bond acceptors (Lipinski definition) is 2. The lowest BCUT2D eigenvalue weighted by atomic mass is 10.3. The van der Waals surface area contributed by atoms with Crippen LogP contribution in [0.5, 0.6) is 0 Å². The molecule has 2 nitrogen and oxygen atoms in total. The van der Waals surface area contributed by atoms with Crippen LogP contribution in [0.15, 0.2) is 0 Å². The molecule has 1 unspecified atom stereocenters. The quantitative estimate of drug-likeness (QED) is 0.452. The molecule has 0 rings (SSSR count). The highest BCUT2D eigenvalue weighted by Crippen LogP contribution is 2.16. The van der Waals surface area contributed by atoms with Gasteiger partial charge in [-0.1, -0.05) is 13.3 Å². The van der Waals surface area contributed by atoms with Crippen molar-refractivity contribution in [3.63, 3.8) is 0 Å². The van der Waals surface area contributed by atoms with Gasteiger partial charge in [0.1, 0.15) is 5.73 Å². The molecule has 0 spiro atoms. The van der Waals surface area contributed by atoms with Gasteiger partial charge in [-0.2, -0.15) is 0 Å². The molecule has 0 aromatic carbocycles. The van der Waals surface area contributed by atoms with E-state index >= 15 is 0 Å². The first-order chi connectivity index (χ1) is 5.07. The van der Waals surface area contributed by atoms with E-state index < -0.39 is 6.04 Å². The third-order valence-electron chi connectivity index (χ3n) is 1.17. The summed E-state index contributed by atoms with van der Waals surface area (Å²) in [6.07, 6.45) is 1.98. The maximum absolute atomic E-state index is 10.6. The van der Waals surface area contributed by atoms with Crippen molar-refractivity contribution in [1.82, 2.24) is 0 Å². The molecule has 0 saturated carbocycles. The summed E-state index contributed by atoms with van der Waals surface area (Å²) >= 11 is 6.90. The molecule has 0 aliphatic carbocycles. The Bertz CT molecular complexity index is 130. The molecular weight excluding hydrogens is 292 g/mol. The lowest BCUT2D eigenvalue weighted by Crippen LogP contribution is -2.25. The minimum Gasteiger partial charge on any atom is -0.465 e. The smallest absolute Gasteiger partial charge is 0.302 e. The Hall–Kier alpha value is 0.647. The highest BCUT2D eigenvalue weighted by atomic mass is 79.9. The van der Waals surface area contributed by atoms with Crippen molar-refractivity contribution in [3.05, 3.63) is 0 Å². The molecule has 0 aromatic heterocycles. The van der Waals surface area contributed by atoms with Crippen LogP contribution in [0, 0.1) is 0 Å². The van der Waals surface area contributed by atoms with Crippen LogP contribution in [0.1, 0.15) is 26.7 Å². The van der Waals surface area contributed by atoms with Crippen LogP contribution in [0.3, 0.4) is 0 Å². The molecule has 0 heterocycles. The molecule has 0 bridgehead atoms. The summed E-state index contributed by atoms with van der Waals surface area (Å²) in [5.74, 6) is -0.195. The zero-order valence-electron chi connectivity index (χ0n) is 6.64. The Morgan fingerprint density at radius 3 is 2.45 bits per heavy atom. The lowest BCUT2D eigenvalue weighted by Gasteiger charge is -2.15. The summed E-state index contributed by atoms with van der Waals surface area (Å²) in [5.41, 5.74) is 0.0810. The topological polar surface area (TPSA) is 26.3 Å². The third-order valence-corrected chi connectivity index (χ3v) is 5.74. The van der Waals surface area contributed by atoms with Crippen molar-refractivity contribution in [1.29, 1.82) is 0 Å². The molecule has 66 valence electrons. The van der Waals surface area contributed by atoms with E-state index in [9.17, 15) is 4.79 Å². The summed E-state index contributed by atoms with van der Waals surface area (Å²) in [7, 11) is 0. The number of ether oxygens (including phenoxy) is 1. The fourth-order valence-corrected chi connectivity index (χ4v) is 3.85. The van der Waals surface area contributed by atoms with E-state index in [1.165, 1.54) is 6.92 Å². The summed E-state index contributed by atoms with van der Waals surface area (Å²) in [4.78, 5) is 10.6. The van der Waals surface area contributed by atoms with E-state index in [0.29, 0.717) is 0 Å². The average Bonchev–Trinajstić information content (AvgIpc) is 1.86. The van der Waals surface area contributed by atoms with Crippen LogP contribution in [0.2, 0.25) is 0 Å². The van der Waals surface area contributed by atoms with Gasteiger partial charge in [0.25, 0.3) is 0 Å². The molecule has 0 aromatic rings. The highest BCUT2D eigenvalue weighted by molar-refractivity contribution is 9.49. The van der Waals surface area contributed by atoms with Gasteiger partial charge in [-0.3, -0.25) is 4.79 Å². The van der Waals surface area contributed by atoms with Crippen molar-refractivity contribution in [3.8, 4) is 0 Å². The maximum atomic E-state index is 10.6. The summed E-state index contributed by atoms with van der Waals surface area (Å²) in [5, 5.41) is 0. The fraction of sp³-hybridized carbons (Fsp3) is 0.833. The third kappa shape index (κ3) is 5.87. The van der Waals surface area contributed by atoms with Crippen LogP contribution in [-0.4, -0.2) is 17.7 Å². The Morgan fingerprint density at radius 2 is 2.18 bits per heavy atom. The molecule has 11 heavy (non-hydrogen) atoms. The van der Waals surface area contributed by atoms with Gasteiger partial charge in [0.15, 0.2) is 0 Å². The number of rotatable bonds is 4. The molecule has 0 aliphatic heterocycles. The molecule has 1 atom stereocenters. The fourth-order valence-electron chi connectivity index (χ4n) is 0.734. The van der Waals surface area contributed by atoms with Crippen molar-refractivity contribution >= 4 is 42.6 Å². The number of hydrogen-bond donors (Lipinski definition) is 0. The van der Waals surface area contributed by atoms with E-state index in [0.717, 1.165) is 12.8 Å². The van der Waals surface area contributed by atoms with Gasteiger partial charge in [-0.05, 0) is 6.42 Å². The molecule has 0 amide bonds. The first kappa shape index (κ1) is 11.6. The van der Waals surface area contributed by atoms with Crippen LogP contribution in [0.25, 0.3) is 0 Å². The number of carbonyl (C=O) groups excluding carboxylic acids is 1. The minimum atomic E-state index is -1.18. The van der Waals surface area contributed by atoms with Crippen molar-refractivity contribution in [2.24, 2.45) is 0 Å². The monoisotopic (exact) mass is 302 g/mol. The largest absolute Gasteiger partial charge is 0.465 e. The lowest BCUT2D eigenvalue weighted by molar-refractivity contribution is -0.143. The van der Waals surface area contributed by atoms with Gasteiger partial charge in [0.2, 0.25) is 6.04 Å². The zero-order chi connectivity index (χ0) is 8.85. The van der Waals surface area contributed by atoms with Crippen LogP contribution in [-0.2, 0) is 9.53 Å². The first-order valence-electron chi connectivity index (χ1n) is 3.53. The van der Waals surface area contributed by atoms with Gasteiger partial charge in [-0.25, -0.2) is 0 Å². The second kappa shape index (κ2) is 6.19. The maximum Gasteiger partial charge on any atom is 0.302 e. The van der Waals surface area contributed by atoms with E-state index in [1.54, 1.807) is 0 Å². The molecule has 5 heteroatoms. The first-order valence-corrected chi connectivity index (χ1v) is 10.6. The Kier molecular flexibility index (Phi) is 6.56. The molecule has 0 fully saturated rings. The minimum absolute atomic E-state index is 0.0810. The summed E-state index contributed by atoms with van der Waals surface area (Å²) in [6.45, 7) is 3.52. The van der Waals surface area contributed by atoms with Crippen molar-refractivity contribution in [2.45, 2.75) is 32.4 Å². The number of esters is 1. The van der Waals surface area contributed by atoms with Gasteiger partial charge in [-0.15, -0.1) is 30.6 Å². The molecule has 0 N–H and O–H groups in total. The highest BCUT2D eigenvalue weighted by Gasteiger charge is 2.19. The van der Waals surface area contributed by atoms with Crippen LogP contribution in [0.4, 0.5) is 0 Å². The molecular formula is C6H12Br2O2Si. The van der Waals surface area contributed by atoms with Gasteiger partial charge < -0.3 is 4.74 Å². The molecule has 0 radical (unpaired) electrons. The van der Waals surface area contributed by atoms with Gasteiger partial charge in [0, 0.05) is 6.92 Å². The van der Waals surface area contributed by atoms with Crippen molar-refractivity contribution < 1.29 is 9.53 Å². The number of halogens is 2. The SMILES string of the molecule is CCCC(OC(C)=O)[SiH](Br)Br. The Balaban J connectivity index is 3.79. The van der Waals surface area contributed by atoms with E-state index in [2.05, 4.69) is 37.5 Å². The van der Waals surface area contributed by atoms with E-state index in [4.69, 9.17) is 4.74 Å². The number of carbonyl (C=O) groups is 1.